The van der Waals surface area contributed by atoms with E-state index in [1.807, 2.05) is 0 Å². The third-order valence-electron chi connectivity index (χ3n) is 4.22. The molecule has 1 radical (unpaired) electrons. The lowest BCUT2D eigenvalue weighted by Crippen LogP contribution is -2.41. The van der Waals surface area contributed by atoms with E-state index in [0.717, 1.165) is 32.5 Å². The molecule has 2 aliphatic rings. The van der Waals surface area contributed by atoms with E-state index in [1.54, 1.807) is 0 Å². The normalized spacial score (nSPS) is 32.8. The van der Waals surface area contributed by atoms with Crippen LogP contribution in [0.15, 0.2) is 0 Å². The van der Waals surface area contributed by atoms with Gasteiger partial charge in [0.15, 0.2) is 0 Å². The van der Waals surface area contributed by atoms with Crippen LogP contribution in [0.5, 0.6) is 0 Å². The van der Waals surface area contributed by atoms with E-state index in [2.05, 4.69) is 10.2 Å². The molecule has 3 N–H and O–H groups in total. The Bertz CT molecular complexity index is 284. The number of nitrogens with zero attached hydrogens (tertiary/aromatic N) is 1. The number of carboxylic acid groups (broad SMARTS) is 1. The highest BCUT2D eigenvalue weighted by atomic mass is 16.4. The molecule has 18 heavy (non-hydrogen) atoms. The Morgan fingerprint density at radius 2 is 2.11 bits per heavy atom. The molecular weight excluding hydrogens is 231 g/mol. The standard InChI is InChI=1S/C12H22BN2O3/c16-12(17)11-9(4-3-5-13-18)10(8-14-11)15-6-1-2-7-15/h9-11,14,18H,1-8H2,(H,16,17)/t9-,10+,11+/m1/s1. The lowest BCUT2D eigenvalue weighted by molar-refractivity contribution is -0.140. The van der Waals surface area contributed by atoms with Gasteiger partial charge in [-0.3, -0.25) is 9.69 Å². The van der Waals surface area contributed by atoms with E-state index >= 15 is 0 Å². The maximum absolute atomic E-state index is 11.3. The molecule has 0 aromatic heterocycles. The number of rotatable bonds is 6. The van der Waals surface area contributed by atoms with Crippen LogP contribution in [0.4, 0.5) is 0 Å². The van der Waals surface area contributed by atoms with Crippen molar-refractivity contribution in [2.45, 2.75) is 44.1 Å². The second kappa shape index (κ2) is 6.54. The van der Waals surface area contributed by atoms with E-state index in [-0.39, 0.29) is 5.92 Å². The third kappa shape index (κ3) is 3.05. The average Bonchev–Trinajstić information content (AvgIpc) is 2.96. The maximum atomic E-state index is 11.3. The second-order valence-corrected chi connectivity index (χ2v) is 5.31. The molecule has 2 heterocycles. The Kier molecular flexibility index (Phi) is 5.03. The Labute approximate surface area is 109 Å². The number of carboxylic acids is 1. The van der Waals surface area contributed by atoms with Crippen LogP contribution in [0.2, 0.25) is 6.32 Å². The zero-order valence-electron chi connectivity index (χ0n) is 10.7. The summed E-state index contributed by atoms with van der Waals surface area (Å²) in [7, 11) is 1.17. The van der Waals surface area contributed by atoms with Crippen molar-refractivity contribution in [2.24, 2.45) is 5.92 Å². The van der Waals surface area contributed by atoms with Crippen LogP contribution >= 0.6 is 0 Å². The number of hydrogen-bond donors (Lipinski definition) is 3. The first kappa shape index (κ1) is 13.8. The van der Waals surface area contributed by atoms with Crippen LogP contribution < -0.4 is 5.32 Å². The summed E-state index contributed by atoms with van der Waals surface area (Å²) in [5, 5.41) is 21.1. The highest BCUT2D eigenvalue weighted by Gasteiger charge is 2.42. The monoisotopic (exact) mass is 253 g/mol. The first-order chi connectivity index (χ1) is 8.74. The molecule has 0 aromatic rings. The number of carbonyl (C=O) groups is 1. The van der Waals surface area contributed by atoms with Gasteiger partial charge in [-0.25, -0.2) is 0 Å². The van der Waals surface area contributed by atoms with Crippen LogP contribution in [-0.4, -0.2) is 60.2 Å². The molecule has 2 rings (SSSR count). The van der Waals surface area contributed by atoms with Crippen LogP contribution in [0.3, 0.4) is 0 Å². The van der Waals surface area contributed by atoms with Gasteiger partial charge in [0.05, 0.1) is 0 Å². The van der Waals surface area contributed by atoms with Crippen molar-refractivity contribution in [1.29, 1.82) is 0 Å². The molecular formula is C12H22BN2O3. The number of aliphatic carboxylic acids is 1. The minimum Gasteiger partial charge on any atom is -0.480 e. The van der Waals surface area contributed by atoms with Gasteiger partial charge in [-0.15, -0.1) is 0 Å². The largest absolute Gasteiger partial charge is 0.480 e. The van der Waals surface area contributed by atoms with E-state index in [9.17, 15) is 9.90 Å². The van der Waals surface area contributed by atoms with Crippen molar-refractivity contribution in [3.05, 3.63) is 0 Å². The van der Waals surface area contributed by atoms with Crippen molar-refractivity contribution in [3.8, 4) is 0 Å². The molecule has 6 heteroatoms. The van der Waals surface area contributed by atoms with Crippen molar-refractivity contribution in [3.63, 3.8) is 0 Å². The fourth-order valence-electron chi connectivity index (χ4n) is 3.32. The highest BCUT2D eigenvalue weighted by molar-refractivity contribution is 6.25. The van der Waals surface area contributed by atoms with Crippen molar-refractivity contribution >= 4 is 13.5 Å². The first-order valence-electron chi connectivity index (χ1n) is 6.90. The summed E-state index contributed by atoms with van der Waals surface area (Å²) in [5.74, 6) is -0.574. The maximum Gasteiger partial charge on any atom is 0.321 e. The summed E-state index contributed by atoms with van der Waals surface area (Å²) in [6.07, 6.45) is 4.82. The van der Waals surface area contributed by atoms with E-state index < -0.39 is 12.0 Å². The first-order valence-corrected chi connectivity index (χ1v) is 6.90. The molecule has 2 saturated heterocycles. The summed E-state index contributed by atoms with van der Waals surface area (Å²) in [4.78, 5) is 13.7. The number of hydrogen-bond acceptors (Lipinski definition) is 4. The molecule has 101 valence electrons. The molecule has 0 saturated carbocycles. The second-order valence-electron chi connectivity index (χ2n) is 5.31. The highest BCUT2D eigenvalue weighted by Crippen LogP contribution is 2.29. The van der Waals surface area contributed by atoms with Gasteiger partial charge in [-0.1, -0.05) is 12.7 Å². The topological polar surface area (TPSA) is 72.8 Å². The smallest absolute Gasteiger partial charge is 0.321 e. The lowest BCUT2D eigenvalue weighted by atomic mass is 9.85. The van der Waals surface area contributed by atoms with Crippen molar-refractivity contribution in [1.82, 2.24) is 10.2 Å². The lowest BCUT2D eigenvalue weighted by Gasteiger charge is -2.29. The molecule has 3 atom stereocenters. The molecule has 5 nitrogen and oxygen atoms in total. The zero-order valence-corrected chi connectivity index (χ0v) is 10.7. The Morgan fingerprint density at radius 3 is 2.72 bits per heavy atom. The minimum absolute atomic E-state index is 0.167. The van der Waals surface area contributed by atoms with E-state index in [4.69, 9.17) is 5.02 Å². The molecule has 0 bridgehead atoms. The zero-order chi connectivity index (χ0) is 13.0. The molecule has 2 aliphatic heterocycles. The molecule has 0 aromatic carbocycles. The predicted molar refractivity (Wildman–Crippen MR) is 69.5 cm³/mol. The van der Waals surface area contributed by atoms with Crippen LogP contribution in [0.1, 0.15) is 25.7 Å². The summed E-state index contributed by atoms with van der Waals surface area (Å²) < 4.78 is 0. The van der Waals surface area contributed by atoms with Gasteiger partial charge >= 0.3 is 5.97 Å². The van der Waals surface area contributed by atoms with Gasteiger partial charge in [-0.2, -0.15) is 0 Å². The fraction of sp³-hybridized carbons (Fsp3) is 0.917. The molecule has 0 spiro atoms. The SMILES string of the molecule is O=C(O)[C@H]1NC[C@H](N2CCCC2)[C@H]1CCC[B]O. The van der Waals surface area contributed by atoms with E-state index in [1.165, 1.54) is 20.3 Å². The van der Waals surface area contributed by atoms with Gasteiger partial charge in [-0.05, 0) is 32.4 Å². The summed E-state index contributed by atoms with van der Waals surface area (Å²) in [5.41, 5.74) is 0. The van der Waals surface area contributed by atoms with Gasteiger partial charge in [0.2, 0.25) is 0 Å². The van der Waals surface area contributed by atoms with Crippen LogP contribution in [-0.2, 0) is 4.79 Å². The summed E-state index contributed by atoms with van der Waals surface area (Å²) in [6.45, 7) is 2.98. The predicted octanol–water partition coefficient (Wildman–Crippen LogP) is -0.0666. The Morgan fingerprint density at radius 1 is 1.39 bits per heavy atom. The number of nitrogens with one attached hydrogen (secondary N) is 1. The molecule has 0 unspecified atom stereocenters. The van der Waals surface area contributed by atoms with Crippen LogP contribution in [0, 0.1) is 5.92 Å². The summed E-state index contributed by atoms with van der Waals surface area (Å²) in [6, 6.07) is -0.0680. The van der Waals surface area contributed by atoms with Crippen molar-refractivity contribution in [2.75, 3.05) is 19.6 Å². The Hall–Kier alpha value is -0.585. The molecule has 0 amide bonds. The summed E-state index contributed by atoms with van der Waals surface area (Å²) >= 11 is 0. The molecule has 2 fully saturated rings. The Balaban J connectivity index is 1.96. The van der Waals surface area contributed by atoms with E-state index in [0.29, 0.717) is 12.4 Å². The van der Waals surface area contributed by atoms with Gasteiger partial charge < -0.3 is 15.4 Å². The fourth-order valence-corrected chi connectivity index (χ4v) is 3.32. The number of likely N-dealkylation sites (tertiary alicyclic amines) is 1. The average molecular weight is 253 g/mol. The molecule has 0 aliphatic carbocycles. The van der Waals surface area contributed by atoms with Crippen LogP contribution in [0.25, 0.3) is 0 Å². The quantitative estimate of drug-likeness (QED) is 0.456. The third-order valence-corrected chi connectivity index (χ3v) is 4.22. The van der Waals surface area contributed by atoms with Gasteiger partial charge in [0.25, 0.3) is 7.48 Å². The van der Waals surface area contributed by atoms with Gasteiger partial charge in [0.1, 0.15) is 6.04 Å². The minimum atomic E-state index is -0.741. The van der Waals surface area contributed by atoms with Gasteiger partial charge in [0, 0.05) is 18.5 Å². The van der Waals surface area contributed by atoms with Crippen molar-refractivity contribution < 1.29 is 14.9 Å².